The first kappa shape index (κ1) is 22.1. The predicted octanol–water partition coefficient (Wildman–Crippen LogP) is 5.23. The fraction of sp³-hybridized carbons (Fsp3) is 0.160. The van der Waals surface area contributed by atoms with Gasteiger partial charge in [0.15, 0.2) is 11.5 Å². The molecule has 6 nitrogen and oxygen atoms in total. The number of esters is 1. The molecular weight excluding hydrogens is 430 g/mol. The number of aryl methyl sites for hydroxylation is 2. The van der Waals surface area contributed by atoms with Crippen LogP contribution >= 0.6 is 0 Å². The molecule has 8 heteroatoms. The van der Waals surface area contributed by atoms with E-state index in [0.717, 1.165) is 17.2 Å². The highest BCUT2D eigenvalue weighted by atomic mass is 19.1. The van der Waals surface area contributed by atoms with Crippen LogP contribution in [0.2, 0.25) is 0 Å². The summed E-state index contributed by atoms with van der Waals surface area (Å²) in [6, 6.07) is 11.5. The van der Waals surface area contributed by atoms with Crippen LogP contribution in [0.1, 0.15) is 28.5 Å². The van der Waals surface area contributed by atoms with Crippen molar-refractivity contribution in [3.63, 3.8) is 0 Å². The second-order valence-electron chi connectivity index (χ2n) is 7.45. The zero-order chi connectivity index (χ0) is 23.7. The molecule has 0 aliphatic heterocycles. The second-order valence-corrected chi connectivity index (χ2v) is 7.45. The minimum atomic E-state index is -0.883. The molecule has 0 aliphatic rings. The van der Waals surface area contributed by atoms with E-state index in [1.165, 1.54) is 29.0 Å². The third-order valence-electron chi connectivity index (χ3n) is 5.22. The summed E-state index contributed by atoms with van der Waals surface area (Å²) in [4.78, 5) is 25.3. The van der Waals surface area contributed by atoms with Gasteiger partial charge < -0.3 is 9.26 Å². The normalized spacial score (nSPS) is 10.9. The summed E-state index contributed by atoms with van der Waals surface area (Å²) in [5, 5.41) is 3.81. The van der Waals surface area contributed by atoms with Crippen LogP contribution in [0.4, 0.5) is 8.78 Å². The average Bonchev–Trinajstić information content (AvgIpc) is 3.20. The van der Waals surface area contributed by atoms with Crippen molar-refractivity contribution >= 4 is 5.97 Å². The topological polar surface area (TPSA) is 74.3 Å². The number of benzene rings is 2. The maximum absolute atomic E-state index is 14.6. The van der Waals surface area contributed by atoms with E-state index in [2.05, 4.69) is 5.16 Å². The van der Waals surface area contributed by atoms with E-state index in [0.29, 0.717) is 17.3 Å². The Morgan fingerprint density at radius 3 is 2.48 bits per heavy atom. The zero-order valence-corrected chi connectivity index (χ0v) is 18.2. The summed E-state index contributed by atoms with van der Waals surface area (Å²) in [5.41, 5.74) is 2.39. The second kappa shape index (κ2) is 8.82. The molecule has 0 N–H and O–H groups in total. The number of rotatable bonds is 5. The van der Waals surface area contributed by atoms with Crippen LogP contribution in [0, 0.1) is 25.5 Å². The van der Waals surface area contributed by atoms with Crippen LogP contribution in [-0.2, 0) is 4.74 Å². The lowest BCUT2D eigenvalue weighted by atomic mass is 10.00. The maximum atomic E-state index is 14.6. The summed E-state index contributed by atoms with van der Waals surface area (Å²) in [7, 11) is 0. The summed E-state index contributed by atoms with van der Waals surface area (Å²) >= 11 is 0. The Balaban J connectivity index is 1.99. The molecule has 0 aliphatic carbocycles. The predicted molar refractivity (Wildman–Crippen MR) is 118 cm³/mol. The van der Waals surface area contributed by atoms with Crippen molar-refractivity contribution in [3.8, 4) is 28.1 Å². The number of carbonyl (C=O) groups excluding carboxylic acids is 1. The molecule has 0 bridgehead atoms. The van der Waals surface area contributed by atoms with Gasteiger partial charge in [-0.3, -0.25) is 9.36 Å². The summed E-state index contributed by atoms with van der Waals surface area (Å²) in [5.74, 6) is -2.49. The molecule has 33 heavy (non-hydrogen) atoms. The molecule has 4 rings (SSSR count). The number of carbonyl (C=O) groups is 1. The van der Waals surface area contributed by atoms with Crippen LogP contribution in [-0.4, -0.2) is 22.3 Å². The Morgan fingerprint density at radius 2 is 1.82 bits per heavy atom. The highest BCUT2D eigenvalue weighted by Crippen LogP contribution is 2.37. The zero-order valence-electron chi connectivity index (χ0n) is 18.2. The fourth-order valence-corrected chi connectivity index (χ4v) is 3.75. The van der Waals surface area contributed by atoms with Gasteiger partial charge >= 0.3 is 5.97 Å². The van der Waals surface area contributed by atoms with Crippen molar-refractivity contribution < 1.29 is 22.8 Å². The van der Waals surface area contributed by atoms with Crippen molar-refractivity contribution in [2.24, 2.45) is 0 Å². The monoisotopic (exact) mass is 450 g/mol. The van der Waals surface area contributed by atoms with E-state index in [4.69, 9.17) is 9.26 Å². The summed E-state index contributed by atoms with van der Waals surface area (Å²) in [6.45, 7) is 5.49. The Hall–Kier alpha value is -4.07. The third kappa shape index (κ3) is 4.07. The van der Waals surface area contributed by atoms with Crippen molar-refractivity contribution in [3.05, 3.63) is 93.5 Å². The number of pyridine rings is 1. The van der Waals surface area contributed by atoms with Gasteiger partial charge in [-0.15, -0.1) is 0 Å². The number of halogens is 2. The van der Waals surface area contributed by atoms with E-state index in [-0.39, 0.29) is 34.7 Å². The van der Waals surface area contributed by atoms with Gasteiger partial charge in [0.2, 0.25) is 0 Å². The summed E-state index contributed by atoms with van der Waals surface area (Å²) in [6.07, 6.45) is 1.54. The molecule has 0 spiro atoms. The minimum absolute atomic E-state index is 0.0812. The van der Waals surface area contributed by atoms with Gasteiger partial charge in [-0.2, -0.15) is 0 Å². The van der Waals surface area contributed by atoms with E-state index < -0.39 is 17.6 Å². The average molecular weight is 450 g/mol. The molecular formula is C25H20F2N2O4. The smallest absolute Gasteiger partial charge is 0.361 e. The molecule has 0 unspecified atom stereocenters. The number of hydrogen-bond donors (Lipinski definition) is 0. The van der Waals surface area contributed by atoms with E-state index in [9.17, 15) is 18.4 Å². The first-order chi connectivity index (χ1) is 15.8. The third-order valence-corrected chi connectivity index (χ3v) is 5.22. The van der Waals surface area contributed by atoms with Crippen molar-refractivity contribution in [1.82, 2.24) is 9.72 Å². The SMILES string of the molecule is CCOC(=O)c1noc(-c2ccc(F)cc2F)c1-c1ccc(=O)n(-c2c(C)cccc2C)c1. The Morgan fingerprint density at radius 1 is 1.09 bits per heavy atom. The van der Waals surface area contributed by atoms with E-state index in [1.54, 1.807) is 6.92 Å². The van der Waals surface area contributed by atoms with Crippen LogP contribution in [0.5, 0.6) is 0 Å². The Kier molecular flexibility index (Phi) is 5.91. The molecule has 0 fully saturated rings. The number of para-hydroxylation sites is 1. The molecule has 0 amide bonds. The van der Waals surface area contributed by atoms with Crippen molar-refractivity contribution in [2.75, 3.05) is 6.61 Å². The fourth-order valence-electron chi connectivity index (χ4n) is 3.75. The molecule has 168 valence electrons. The van der Waals surface area contributed by atoms with Gasteiger partial charge in [-0.25, -0.2) is 13.6 Å². The molecule has 2 aromatic carbocycles. The van der Waals surface area contributed by atoms with E-state index in [1.807, 2.05) is 32.0 Å². The van der Waals surface area contributed by atoms with E-state index >= 15 is 0 Å². The summed E-state index contributed by atoms with van der Waals surface area (Å²) < 4.78 is 40.0. The maximum Gasteiger partial charge on any atom is 0.361 e. The molecule has 4 aromatic rings. The van der Waals surface area contributed by atoms with Crippen LogP contribution < -0.4 is 5.56 Å². The lowest BCUT2D eigenvalue weighted by Crippen LogP contribution is -2.18. The Bertz CT molecular complexity index is 1400. The van der Waals surface area contributed by atoms with Crippen molar-refractivity contribution in [2.45, 2.75) is 20.8 Å². The van der Waals surface area contributed by atoms with Gasteiger partial charge in [-0.05, 0) is 50.1 Å². The number of nitrogens with zero attached hydrogens (tertiary/aromatic N) is 2. The van der Waals surface area contributed by atoms with Crippen LogP contribution in [0.3, 0.4) is 0 Å². The molecule has 2 heterocycles. The first-order valence-corrected chi connectivity index (χ1v) is 10.2. The number of aromatic nitrogens is 2. The molecule has 0 saturated heterocycles. The Labute approximate surface area is 188 Å². The lowest BCUT2D eigenvalue weighted by Gasteiger charge is -2.14. The van der Waals surface area contributed by atoms with Gasteiger partial charge in [0.25, 0.3) is 5.56 Å². The standard InChI is InChI=1S/C25H20F2N2O4/c1-4-32-25(31)22-21(24(33-28-22)18-10-9-17(26)12-19(18)27)16-8-11-20(30)29(13-16)23-14(2)6-5-7-15(23)3/h5-13H,4H2,1-3H3. The van der Waals surface area contributed by atoms with Gasteiger partial charge in [0.1, 0.15) is 11.6 Å². The van der Waals surface area contributed by atoms with Crippen LogP contribution in [0.15, 0.2) is 64.0 Å². The first-order valence-electron chi connectivity index (χ1n) is 10.2. The number of ether oxygens (including phenoxy) is 1. The molecule has 0 atom stereocenters. The molecule has 0 radical (unpaired) electrons. The minimum Gasteiger partial charge on any atom is -0.461 e. The van der Waals surface area contributed by atoms with Gasteiger partial charge in [0, 0.05) is 23.9 Å². The van der Waals surface area contributed by atoms with Gasteiger partial charge in [-0.1, -0.05) is 23.4 Å². The lowest BCUT2D eigenvalue weighted by molar-refractivity contribution is 0.0515. The molecule has 0 saturated carbocycles. The highest BCUT2D eigenvalue weighted by molar-refractivity contribution is 5.99. The quantitative estimate of drug-likeness (QED) is 0.389. The highest BCUT2D eigenvalue weighted by Gasteiger charge is 2.27. The largest absolute Gasteiger partial charge is 0.461 e. The van der Waals surface area contributed by atoms with Crippen LogP contribution in [0.25, 0.3) is 28.1 Å². The number of hydrogen-bond acceptors (Lipinski definition) is 5. The van der Waals surface area contributed by atoms with Crippen molar-refractivity contribution in [1.29, 1.82) is 0 Å². The molecule has 2 aromatic heterocycles. The van der Waals surface area contributed by atoms with Gasteiger partial charge in [0.05, 0.1) is 23.4 Å².